The number of ether oxygens (including phenoxy) is 1. The zero-order chi connectivity index (χ0) is 24.2. The molecule has 0 aromatic heterocycles. The molecule has 6 nitrogen and oxygen atoms in total. The summed E-state index contributed by atoms with van der Waals surface area (Å²) in [5.41, 5.74) is 2.94. The molecule has 0 aliphatic carbocycles. The number of alkyl halides is 3. The van der Waals surface area contributed by atoms with Crippen LogP contribution >= 0.6 is 0 Å². The Labute approximate surface area is 190 Å². The Morgan fingerprint density at radius 2 is 1.73 bits per heavy atom. The summed E-state index contributed by atoms with van der Waals surface area (Å²) in [6.45, 7) is 5.15. The van der Waals surface area contributed by atoms with Crippen LogP contribution in [0.25, 0.3) is 0 Å². The van der Waals surface area contributed by atoms with Crippen LogP contribution in [-0.2, 0) is 16.0 Å². The predicted octanol–water partition coefficient (Wildman–Crippen LogP) is 4.85. The lowest BCUT2D eigenvalue weighted by atomic mass is 9.81. The number of amides is 1. The van der Waals surface area contributed by atoms with Crippen LogP contribution in [0.15, 0.2) is 59.7 Å². The van der Waals surface area contributed by atoms with E-state index in [9.17, 15) is 22.8 Å². The summed E-state index contributed by atoms with van der Waals surface area (Å²) in [6.07, 6.45) is -3.49. The number of nitrogens with zero attached hydrogens (tertiary/aromatic N) is 2. The van der Waals surface area contributed by atoms with Crippen molar-refractivity contribution in [1.82, 2.24) is 5.43 Å². The molecule has 0 saturated heterocycles. The van der Waals surface area contributed by atoms with Gasteiger partial charge < -0.3 is 10.2 Å². The third kappa shape index (κ3) is 5.02. The van der Waals surface area contributed by atoms with Crippen molar-refractivity contribution in [3.05, 3.63) is 65.7 Å². The molecule has 176 valence electrons. The van der Waals surface area contributed by atoms with Crippen LogP contribution in [0.1, 0.15) is 49.5 Å². The summed E-state index contributed by atoms with van der Waals surface area (Å²) in [7, 11) is 0. The van der Waals surface area contributed by atoms with Gasteiger partial charge in [0.15, 0.2) is 5.60 Å². The number of hydrogen-bond acceptors (Lipinski definition) is 5. The highest BCUT2D eigenvalue weighted by molar-refractivity contribution is 6.06. The fraction of sp³-hybridized carbons (Fsp3) is 0.375. The second kappa shape index (κ2) is 9.64. The summed E-state index contributed by atoms with van der Waals surface area (Å²) in [4.78, 5) is 24.3. The third-order valence-corrected chi connectivity index (χ3v) is 5.61. The Kier molecular flexibility index (Phi) is 7.09. The number of hydrogen-bond donors (Lipinski definition) is 1. The van der Waals surface area contributed by atoms with Crippen molar-refractivity contribution in [2.75, 3.05) is 4.90 Å². The van der Waals surface area contributed by atoms with E-state index in [4.69, 9.17) is 4.74 Å². The summed E-state index contributed by atoms with van der Waals surface area (Å²) in [5, 5.41) is 4.33. The minimum absolute atomic E-state index is 0.0701. The predicted molar refractivity (Wildman–Crippen MR) is 119 cm³/mol. The molecule has 1 heterocycles. The zero-order valence-electron chi connectivity index (χ0n) is 18.6. The van der Waals surface area contributed by atoms with Crippen LogP contribution in [-0.4, -0.2) is 35.5 Å². The monoisotopic (exact) mass is 461 g/mol. The van der Waals surface area contributed by atoms with Crippen molar-refractivity contribution in [1.29, 1.82) is 0 Å². The zero-order valence-corrected chi connectivity index (χ0v) is 18.6. The molecule has 0 radical (unpaired) electrons. The molecule has 1 N–H and O–H groups in total. The van der Waals surface area contributed by atoms with Crippen molar-refractivity contribution in [3.8, 4) is 0 Å². The minimum Gasteiger partial charge on any atom is -0.450 e. The number of hydrazone groups is 1. The fourth-order valence-corrected chi connectivity index (χ4v) is 4.16. The van der Waals surface area contributed by atoms with E-state index in [0.717, 1.165) is 0 Å². The van der Waals surface area contributed by atoms with Gasteiger partial charge >= 0.3 is 12.3 Å². The Bertz CT molecular complexity index is 1020. The van der Waals surface area contributed by atoms with Gasteiger partial charge in [-0.25, -0.2) is 4.90 Å². The molecule has 0 spiro atoms. The molecule has 0 bridgehead atoms. The largest absolute Gasteiger partial charge is 0.491 e. The van der Waals surface area contributed by atoms with Crippen molar-refractivity contribution >= 4 is 23.3 Å². The summed E-state index contributed by atoms with van der Waals surface area (Å²) < 4.78 is 47.1. The van der Waals surface area contributed by atoms with Gasteiger partial charge in [0.05, 0.1) is 17.4 Å². The number of benzene rings is 2. The van der Waals surface area contributed by atoms with Gasteiger partial charge in [-0.3, -0.25) is 9.59 Å². The molecule has 9 heteroatoms. The topological polar surface area (TPSA) is 71.0 Å². The maximum Gasteiger partial charge on any atom is 0.491 e. The molecule has 33 heavy (non-hydrogen) atoms. The third-order valence-electron chi connectivity index (χ3n) is 5.61. The van der Waals surface area contributed by atoms with Gasteiger partial charge in [0.2, 0.25) is 0 Å². The van der Waals surface area contributed by atoms with E-state index in [1.165, 1.54) is 55.5 Å². The quantitative estimate of drug-likeness (QED) is 0.473. The van der Waals surface area contributed by atoms with Gasteiger partial charge in [-0.2, -0.15) is 5.10 Å². The van der Waals surface area contributed by atoms with Crippen molar-refractivity contribution in [3.63, 3.8) is 0 Å². The highest BCUT2D eigenvalue weighted by atomic mass is 19.4. The average molecular weight is 461 g/mol. The van der Waals surface area contributed by atoms with Crippen LogP contribution in [0.3, 0.4) is 0 Å². The number of carbonyl (C=O) groups is 2. The number of esters is 1. The smallest absolute Gasteiger partial charge is 0.450 e. The SMILES string of the molecule is CCC1=NNC(CC)C1(Cc1ccc(N(C(=O)c2ccccc2)C(F)(F)F)cc1)OC(C)=O. The highest BCUT2D eigenvalue weighted by Crippen LogP contribution is 2.34. The van der Waals surface area contributed by atoms with E-state index in [2.05, 4.69) is 10.5 Å². The first-order valence-corrected chi connectivity index (χ1v) is 10.7. The highest BCUT2D eigenvalue weighted by Gasteiger charge is 2.49. The normalized spacial score (nSPS) is 20.1. The van der Waals surface area contributed by atoms with E-state index in [1.54, 1.807) is 6.07 Å². The molecule has 2 aromatic rings. The maximum atomic E-state index is 13.8. The van der Waals surface area contributed by atoms with Crippen LogP contribution in [0.2, 0.25) is 0 Å². The molecular formula is C24H26F3N3O3. The van der Waals surface area contributed by atoms with E-state index in [1.807, 2.05) is 13.8 Å². The Morgan fingerprint density at radius 1 is 1.09 bits per heavy atom. The standard InChI is InChI=1S/C24H26F3N3O3/c1-4-20-23(33-16(3)31,21(5-2)29-28-20)15-17-11-13-19(14-12-17)30(24(25,26)27)22(32)18-9-7-6-8-10-18/h6-14,20,28H,4-5,15H2,1-3H3. The van der Waals surface area contributed by atoms with Crippen molar-refractivity contribution < 1.29 is 27.5 Å². The average Bonchev–Trinajstić information content (AvgIpc) is 3.10. The van der Waals surface area contributed by atoms with Gasteiger partial charge in [0.1, 0.15) is 0 Å². The number of nitrogens with one attached hydrogen (secondary N) is 1. The number of anilines is 1. The van der Waals surface area contributed by atoms with E-state index in [0.29, 0.717) is 24.1 Å². The maximum absolute atomic E-state index is 13.8. The summed E-state index contributed by atoms with van der Waals surface area (Å²) in [6, 6.07) is 12.6. The second-order valence-corrected chi connectivity index (χ2v) is 7.80. The van der Waals surface area contributed by atoms with E-state index in [-0.39, 0.29) is 28.6 Å². The first kappa shape index (κ1) is 24.3. The molecule has 1 amide bonds. The molecule has 2 unspecified atom stereocenters. The van der Waals surface area contributed by atoms with E-state index < -0.39 is 23.8 Å². The molecule has 0 fully saturated rings. The number of halogens is 3. The molecule has 3 rings (SSSR count). The Morgan fingerprint density at radius 3 is 2.24 bits per heavy atom. The molecule has 2 aromatic carbocycles. The Hall–Kier alpha value is -3.36. The van der Waals surface area contributed by atoms with E-state index >= 15 is 0 Å². The first-order valence-electron chi connectivity index (χ1n) is 10.7. The van der Waals surface area contributed by atoms with Gasteiger partial charge in [0.25, 0.3) is 5.91 Å². The lowest BCUT2D eigenvalue weighted by Crippen LogP contribution is -2.53. The van der Waals surface area contributed by atoms with Gasteiger partial charge in [-0.1, -0.05) is 44.2 Å². The molecule has 1 aliphatic rings. The lowest BCUT2D eigenvalue weighted by molar-refractivity contribution is -0.152. The van der Waals surface area contributed by atoms with Gasteiger partial charge in [0, 0.05) is 18.9 Å². The van der Waals surface area contributed by atoms with Crippen LogP contribution < -0.4 is 10.3 Å². The van der Waals surface area contributed by atoms with Crippen LogP contribution in [0.4, 0.5) is 18.9 Å². The molecule has 2 atom stereocenters. The van der Waals surface area contributed by atoms with Crippen molar-refractivity contribution in [2.24, 2.45) is 5.10 Å². The summed E-state index contributed by atoms with van der Waals surface area (Å²) >= 11 is 0. The van der Waals surface area contributed by atoms with Crippen molar-refractivity contribution in [2.45, 2.75) is 58.0 Å². The molecule has 1 aliphatic heterocycles. The minimum atomic E-state index is -4.90. The Balaban J connectivity index is 1.94. The summed E-state index contributed by atoms with van der Waals surface area (Å²) in [5.74, 6) is -1.63. The number of carbonyl (C=O) groups excluding carboxylic acids is 2. The number of rotatable bonds is 7. The van der Waals surface area contributed by atoms with Crippen LogP contribution in [0, 0.1) is 0 Å². The molecular weight excluding hydrogens is 435 g/mol. The van der Waals surface area contributed by atoms with Gasteiger partial charge in [-0.05, 0) is 42.7 Å². The first-order chi connectivity index (χ1) is 15.6. The van der Waals surface area contributed by atoms with Crippen LogP contribution in [0.5, 0.6) is 0 Å². The van der Waals surface area contributed by atoms with Gasteiger partial charge in [-0.15, -0.1) is 13.2 Å². The fourth-order valence-electron chi connectivity index (χ4n) is 4.16. The second-order valence-electron chi connectivity index (χ2n) is 7.80. The lowest BCUT2D eigenvalue weighted by Gasteiger charge is -2.35. The molecule has 0 saturated carbocycles.